The first-order valence-corrected chi connectivity index (χ1v) is 8.82. The molecule has 28 heavy (non-hydrogen) atoms. The van der Waals surface area contributed by atoms with Crippen molar-refractivity contribution >= 4 is 23.5 Å². The molecule has 2 N–H and O–H groups in total. The molecule has 8 nitrogen and oxygen atoms in total. The van der Waals surface area contributed by atoms with E-state index in [1.54, 1.807) is 25.3 Å². The van der Waals surface area contributed by atoms with Crippen molar-refractivity contribution in [1.29, 1.82) is 0 Å². The van der Waals surface area contributed by atoms with Crippen LogP contribution >= 0.6 is 0 Å². The molecule has 2 amide bonds. The molecule has 1 aliphatic heterocycles. The summed E-state index contributed by atoms with van der Waals surface area (Å²) in [7, 11) is 1.59. The Morgan fingerprint density at radius 2 is 2.04 bits per heavy atom. The van der Waals surface area contributed by atoms with E-state index in [0.717, 1.165) is 16.9 Å². The third-order valence-corrected chi connectivity index (χ3v) is 4.49. The molecule has 0 spiro atoms. The van der Waals surface area contributed by atoms with Gasteiger partial charge < -0.3 is 10.1 Å². The minimum Gasteiger partial charge on any atom is -0.497 e. The highest BCUT2D eigenvalue weighted by atomic mass is 16.5. The van der Waals surface area contributed by atoms with E-state index in [0.29, 0.717) is 11.5 Å². The molecule has 2 heterocycles. The number of aromatic nitrogens is 3. The summed E-state index contributed by atoms with van der Waals surface area (Å²) in [5.74, 6) is 0.814. The number of nitrogens with one attached hydrogen (secondary N) is 2. The van der Waals surface area contributed by atoms with Gasteiger partial charge in [-0.15, -0.1) is 5.10 Å². The van der Waals surface area contributed by atoms with Crippen molar-refractivity contribution < 1.29 is 14.3 Å². The summed E-state index contributed by atoms with van der Waals surface area (Å²) in [6.07, 6.45) is -0.00391. The van der Waals surface area contributed by atoms with Crippen molar-refractivity contribution in [3.63, 3.8) is 0 Å². The van der Waals surface area contributed by atoms with Crippen molar-refractivity contribution in [1.82, 2.24) is 14.8 Å². The van der Waals surface area contributed by atoms with Crippen LogP contribution in [0.15, 0.2) is 48.5 Å². The number of anilines is 2. The fourth-order valence-corrected chi connectivity index (χ4v) is 3.08. The van der Waals surface area contributed by atoms with E-state index in [1.807, 2.05) is 37.3 Å². The molecule has 1 aliphatic rings. The largest absolute Gasteiger partial charge is 0.497 e. The second-order valence-electron chi connectivity index (χ2n) is 6.56. The van der Waals surface area contributed by atoms with Crippen molar-refractivity contribution in [2.24, 2.45) is 0 Å². The van der Waals surface area contributed by atoms with Gasteiger partial charge in [0.05, 0.1) is 13.5 Å². The molecule has 142 valence electrons. The van der Waals surface area contributed by atoms with Crippen molar-refractivity contribution in [3.8, 4) is 17.1 Å². The number of amides is 2. The van der Waals surface area contributed by atoms with Gasteiger partial charge in [-0.25, -0.2) is 4.68 Å². The smallest absolute Gasteiger partial charge is 0.249 e. The first kappa shape index (κ1) is 17.7. The molecule has 0 unspecified atom stereocenters. The van der Waals surface area contributed by atoms with Crippen LogP contribution in [0.5, 0.6) is 5.75 Å². The van der Waals surface area contributed by atoms with Gasteiger partial charge in [0.15, 0.2) is 5.82 Å². The molecule has 4 rings (SSSR count). The molecule has 1 aromatic heterocycles. The van der Waals surface area contributed by atoms with Gasteiger partial charge in [0.2, 0.25) is 17.8 Å². The fourth-order valence-electron chi connectivity index (χ4n) is 3.08. The molecule has 0 saturated heterocycles. The molecule has 0 aliphatic carbocycles. The van der Waals surface area contributed by atoms with Crippen LogP contribution < -0.4 is 15.4 Å². The zero-order valence-corrected chi connectivity index (χ0v) is 15.5. The fraction of sp³-hybridized carbons (Fsp3) is 0.200. The SMILES string of the molecule is COc1ccc(-c2nc3n(n2)[C@@H](C(=O)Nc2cccc(C)c2)CC(=O)N3)cc1. The van der Waals surface area contributed by atoms with Crippen LogP contribution in [0.3, 0.4) is 0 Å². The highest BCUT2D eigenvalue weighted by Gasteiger charge is 2.33. The van der Waals surface area contributed by atoms with Crippen LogP contribution in [-0.4, -0.2) is 33.7 Å². The van der Waals surface area contributed by atoms with Crippen LogP contribution in [-0.2, 0) is 9.59 Å². The number of methoxy groups -OCH3 is 1. The van der Waals surface area contributed by atoms with Crippen LogP contribution in [0, 0.1) is 6.92 Å². The van der Waals surface area contributed by atoms with Gasteiger partial charge in [-0.1, -0.05) is 12.1 Å². The Kier molecular flexibility index (Phi) is 4.52. The molecule has 0 fully saturated rings. The quantitative estimate of drug-likeness (QED) is 0.729. The first-order valence-electron chi connectivity index (χ1n) is 8.82. The summed E-state index contributed by atoms with van der Waals surface area (Å²) in [6, 6.07) is 14.0. The highest BCUT2D eigenvalue weighted by Crippen LogP contribution is 2.28. The van der Waals surface area contributed by atoms with Gasteiger partial charge >= 0.3 is 0 Å². The zero-order valence-electron chi connectivity index (χ0n) is 15.5. The Labute approximate surface area is 161 Å². The summed E-state index contributed by atoms with van der Waals surface area (Å²) in [6.45, 7) is 1.94. The number of nitrogens with zero attached hydrogens (tertiary/aromatic N) is 3. The lowest BCUT2D eigenvalue weighted by molar-refractivity contribution is -0.125. The number of carbonyl (C=O) groups excluding carboxylic acids is 2. The lowest BCUT2D eigenvalue weighted by Crippen LogP contribution is -2.36. The van der Waals surface area contributed by atoms with Crippen molar-refractivity contribution in [3.05, 3.63) is 54.1 Å². The van der Waals surface area contributed by atoms with E-state index < -0.39 is 6.04 Å². The van der Waals surface area contributed by atoms with E-state index in [4.69, 9.17) is 4.74 Å². The minimum absolute atomic E-state index is 0.00391. The topological polar surface area (TPSA) is 98.1 Å². The molecular weight excluding hydrogens is 358 g/mol. The van der Waals surface area contributed by atoms with Crippen molar-refractivity contribution in [2.45, 2.75) is 19.4 Å². The first-order chi connectivity index (χ1) is 13.5. The molecule has 3 aromatic rings. The predicted molar refractivity (Wildman–Crippen MR) is 104 cm³/mol. The number of benzene rings is 2. The van der Waals surface area contributed by atoms with Crippen LogP contribution in [0.4, 0.5) is 11.6 Å². The maximum atomic E-state index is 12.8. The highest BCUT2D eigenvalue weighted by molar-refractivity contribution is 6.00. The molecule has 8 heteroatoms. The maximum absolute atomic E-state index is 12.8. The van der Waals surface area contributed by atoms with Crippen LogP contribution in [0.2, 0.25) is 0 Å². The number of ether oxygens (including phenoxy) is 1. The number of carbonyl (C=O) groups is 2. The third-order valence-electron chi connectivity index (χ3n) is 4.49. The Morgan fingerprint density at radius 1 is 1.25 bits per heavy atom. The van der Waals surface area contributed by atoms with Gasteiger partial charge in [0.1, 0.15) is 11.8 Å². The Balaban J connectivity index is 1.63. The number of aryl methyl sites for hydroxylation is 1. The van der Waals surface area contributed by atoms with E-state index in [9.17, 15) is 9.59 Å². The van der Waals surface area contributed by atoms with E-state index in [2.05, 4.69) is 20.7 Å². The zero-order chi connectivity index (χ0) is 19.7. The monoisotopic (exact) mass is 377 g/mol. The molecule has 1 atom stereocenters. The Hall–Kier alpha value is -3.68. The molecule has 0 saturated carbocycles. The van der Waals surface area contributed by atoms with Gasteiger partial charge in [-0.05, 0) is 48.9 Å². The van der Waals surface area contributed by atoms with E-state index >= 15 is 0 Å². The van der Waals surface area contributed by atoms with Gasteiger partial charge in [0, 0.05) is 11.3 Å². The number of hydrogen-bond acceptors (Lipinski definition) is 5. The van der Waals surface area contributed by atoms with E-state index in [1.165, 1.54) is 4.68 Å². The summed E-state index contributed by atoms with van der Waals surface area (Å²) in [5.41, 5.74) is 2.46. The summed E-state index contributed by atoms with van der Waals surface area (Å²) >= 11 is 0. The molecule has 0 bridgehead atoms. The van der Waals surface area contributed by atoms with Gasteiger partial charge in [0.25, 0.3) is 0 Å². The normalized spacial score (nSPS) is 15.5. The Morgan fingerprint density at radius 3 is 2.75 bits per heavy atom. The second kappa shape index (κ2) is 7.15. The molecule has 0 radical (unpaired) electrons. The van der Waals surface area contributed by atoms with Gasteiger partial charge in [-0.3, -0.25) is 14.9 Å². The average Bonchev–Trinajstić information content (AvgIpc) is 3.11. The number of fused-ring (bicyclic) bond motifs is 1. The second-order valence-corrected chi connectivity index (χ2v) is 6.56. The maximum Gasteiger partial charge on any atom is 0.249 e. The van der Waals surface area contributed by atoms with E-state index in [-0.39, 0.29) is 24.2 Å². The molecular formula is C20H19N5O3. The van der Waals surface area contributed by atoms with Gasteiger partial charge in [-0.2, -0.15) is 4.98 Å². The lowest BCUT2D eigenvalue weighted by Gasteiger charge is -2.22. The van der Waals surface area contributed by atoms with Crippen molar-refractivity contribution in [2.75, 3.05) is 17.7 Å². The third kappa shape index (κ3) is 3.44. The Bertz CT molecular complexity index is 1040. The summed E-state index contributed by atoms with van der Waals surface area (Å²) < 4.78 is 6.62. The summed E-state index contributed by atoms with van der Waals surface area (Å²) in [4.78, 5) is 29.3. The van der Waals surface area contributed by atoms with Crippen LogP contribution in [0.25, 0.3) is 11.4 Å². The standard InChI is InChI=1S/C20H19N5O3/c1-12-4-3-5-14(10-12)21-19(27)16-11-17(26)22-20-23-18(24-25(16)20)13-6-8-15(28-2)9-7-13/h3-10,16H,11H2,1-2H3,(H,21,27)(H,22,23,24,26)/t16-/m1/s1. The number of rotatable bonds is 4. The average molecular weight is 377 g/mol. The minimum atomic E-state index is -0.774. The number of hydrogen-bond donors (Lipinski definition) is 2. The summed E-state index contributed by atoms with van der Waals surface area (Å²) in [5, 5.41) is 9.99. The molecule has 2 aromatic carbocycles. The predicted octanol–water partition coefficient (Wildman–Crippen LogP) is 2.78. The lowest BCUT2D eigenvalue weighted by atomic mass is 10.1. The van der Waals surface area contributed by atoms with Crippen LogP contribution in [0.1, 0.15) is 18.0 Å².